The summed E-state index contributed by atoms with van der Waals surface area (Å²) in [6.45, 7) is 2.08. The van der Waals surface area contributed by atoms with Gasteiger partial charge in [-0.25, -0.2) is 14.4 Å². The molecule has 134 valence electrons. The van der Waals surface area contributed by atoms with Gasteiger partial charge in [-0.05, 0) is 55.0 Å². The third-order valence-electron chi connectivity index (χ3n) is 4.41. The maximum absolute atomic E-state index is 13.3. The average molecular weight is 378 g/mol. The normalized spacial score (nSPS) is 12.1. The summed E-state index contributed by atoms with van der Waals surface area (Å²) in [4.78, 5) is 9.33. The fraction of sp³-hybridized carbons (Fsp3) is 0.0909. The van der Waals surface area contributed by atoms with Crippen molar-refractivity contribution < 1.29 is 4.39 Å². The van der Waals surface area contributed by atoms with Crippen molar-refractivity contribution in [2.75, 3.05) is 5.32 Å². The molecule has 1 N–H and O–H groups in total. The summed E-state index contributed by atoms with van der Waals surface area (Å²) in [6.07, 6.45) is 0. The summed E-state index contributed by atoms with van der Waals surface area (Å²) in [5, 5.41) is 4.96. The highest BCUT2D eigenvalue weighted by Crippen LogP contribution is 2.29. The Morgan fingerprint density at radius 3 is 2.41 bits per heavy atom. The third-order valence-corrected chi connectivity index (χ3v) is 4.65. The summed E-state index contributed by atoms with van der Waals surface area (Å²) in [7, 11) is 0. The van der Waals surface area contributed by atoms with Crippen molar-refractivity contribution in [3.8, 4) is 11.4 Å². The van der Waals surface area contributed by atoms with E-state index in [2.05, 4.69) is 29.4 Å². The molecule has 0 aliphatic carbocycles. The quantitative estimate of drug-likeness (QED) is 0.456. The average Bonchev–Trinajstić information content (AvgIpc) is 2.68. The summed E-state index contributed by atoms with van der Waals surface area (Å²) in [5.41, 5.74) is 2.63. The first-order valence-corrected chi connectivity index (χ1v) is 9.03. The van der Waals surface area contributed by atoms with Crippen LogP contribution in [-0.2, 0) is 0 Å². The third kappa shape index (κ3) is 3.76. The summed E-state index contributed by atoms with van der Waals surface area (Å²) >= 11 is 6.16. The van der Waals surface area contributed by atoms with Gasteiger partial charge >= 0.3 is 0 Å². The molecule has 0 aliphatic rings. The Balaban J connectivity index is 1.81. The van der Waals surface area contributed by atoms with Crippen molar-refractivity contribution in [2.24, 2.45) is 0 Å². The number of rotatable bonds is 4. The van der Waals surface area contributed by atoms with E-state index in [0.29, 0.717) is 16.7 Å². The molecule has 0 unspecified atom stereocenters. The van der Waals surface area contributed by atoms with E-state index in [1.807, 2.05) is 36.4 Å². The van der Waals surface area contributed by atoms with Crippen LogP contribution in [0.1, 0.15) is 18.5 Å². The van der Waals surface area contributed by atoms with Crippen LogP contribution in [0.15, 0.2) is 72.8 Å². The van der Waals surface area contributed by atoms with Crippen LogP contribution in [0.3, 0.4) is 0 Å². The lowest BCUT2D eigenvalue weighted by molar-refractivity contribution is 0.628. The molecular formula is C22H17ClFN3. The zero-order valence-corrected chi connectivity index (χ0v) is 15.4. The van der Waals surface area contributed by atoms with Crippen LogP contribution in [0.25, 0.3) is 22.3 Å². The lowest BCUT2D eigenvalue weighted by atomic mass is 10.1. The van der Waals surface area contributed by atoms with Crippen molar-refractivity contribution in [3.05, 3.63) is 89.2 Å². The molecule has 0 fully saturated rings. The van der Waals surface area contributed by atoms with Crippen LogP contribution in [-0.4, -0.2) is 9.97 Å². The number of fused-ring (bicyclic) bond motifs is 1. The first-order valence-electron chi connectivity index (χ1n) is 8.65. The Bertz CT molecular complexity index is 1080. The molecule has 0 amide bonds. The van der Waals surface area contributed by atoms with Gasteiger partial charge in [0, 0.05) is 22.0 Å². The molecule has 1 aromatic heterocycles. The molecule has 4 aromatic rings. The maximum Gasteiger partial charge on any atom is 0.162 e. The number of hydrogen-bond donors (Lipinski definition) is 1. The van der Waals surface area contributed by atoms with Crippen molar-refractivity contribution >= 4 is 28.3 Å². The van der Waals surface area contributed by atoms with Crippen LogP contribution >= 0.6 is 11.6 Å². The van der Waals surface area contributed by atoms with E-state index in [9.17, 15) is 4.39 Å². The maximum atomic E-state index is 13.3. The fourth-order valence-corrected chi connectivity index (χ4v) is 3.14. The molecule has 0 radical (unpaired) electrons. The Hall–Kier alpha value is -2.98. The Kier molecular flexibility index (Phi) is 4.73. The Labute approximate surface area is 161 Å². The van der Waals surface area contributed by atoms with Crippen molar-refractivity contribution in [3.63, 3.8) is 0 Å². The number of aromatic nitrogens is 2. The van der Waals surface area contributed by atoms with Crippen LogP contribution in [0.5, 0.6) is 0 Å². The Morgan fingerprint density at radius 1 is 0.926 bits per heavy atom. The number of benzene rings is 3. The second kappa shape index (κ2) is 7.33. The van der Waals surface area contributed by atoms with E-state index in [1.165, 1.54) is 12.1 Å². The van der Waals surface area contributed by atoms with E-state index >= 15 is 0 Å². The highest BCUT2D eigenvalue weighted by molar-refractivity contribution is 6.31. The summed E-state index contributed by atoms with van der Waals surface area (Å²) in [6, 6.07) is 21.9. The largest absolute Gasteiger partial charge is 0.363 e. The van der Waals surface area contributed by atoms with Crippen molar-refractivity contribution in [1.82, 2.24) is 9.97 Å². The minimum absolute atomic E-state index is 0.0565. The van der Waals surface area contributed by atoms with Gasteiger partial charge < -0.3 is 5.32 Å². The number of nitrogens with zero attached hydrogens (tertiary/aromatic N) is 2. The molecule has 0 aliphatic heterocycles. The van der Waals surface area contributed by atoms with Crippen LogP contribution < -0.4 is 5.32 Å². The van der Waals surface area contributed by atoms with Gasteiger partial charge in [0.05, 0.1) is 5.52 Å². The van der Waals surface area contributed by atoms with Crippen molar-refractivity contribution in [1.29, 1.82) is 0 Å². The minimum Gasteiger partial charge on any atom is -0.363 e. The SMILES string of the molecule is C[C@H](Nc1nc(-c2ccc(F)cc2)nc2cc(Cl)ccc12)c1ccccc1. The lowest BCUT2D eigenvalue weighted by Crippen LogP contribution is -2.09. The molecule has 5 heteroatoms. The molecule has 27 heavy (non-hydrogen) atoms. The molecule has 1 heterocycles. The highest BCUT2D eigenvalue weighted by atomic mass is 35.5. The van der Waals surface area contributed by atoms with Gasteiger partial charge in [-0.3, -0.25) is 0 Å². The molecule has 3 aromatic carbocycles. The first-order chi connectivity index (χ1) is 13.1. The molecule has 1 atom stereocenters. The van der Waals surface area contributed by atoms with Crippen molar-refractivity contribution in [2.45, 2.75) is 13.0 Å². The van der Waals surface area contributed by atoms with Gasteiger partial charge in [-0.15, -0.1) is 0 Å². The van der Waals surface area contributed by atoms with E-state index < -0.39 is 0 Å². The molecule has 0 saturated carbocycles. The Morgan fingerprint density at radius 2 is 1.67 bits per heavy atom. The van der Waals surface area contributed by atoms with E-state index in [1.54, 1.807) is 12.1 Å². The van der Waals surface area contributed by atoms with E-state index in [-0.39, 0.29) is 11.9 Å². The number of anilines is 1. The van der Waals surface area contributed by atoms with Gasteiger partial charge in [0.15, 0.2) is 5.82 Å². The van der Waals surface area contributed by atoms with E-state index in [0.717, 1.165) is 22.0 Å². The smallest absolute Gasteiger partial charge is 0.162 e. The fourth-order valence-electron chi connectivity index (χ4n) is 2.97. The topological polar surface area (TPSA) is 37.8 Å². The summed E-state index contributed by atoms with van der Waals surface area (Å²) < 4.78 is 13.3. The minimum atomic E-state index is -0.293. The lowest BCUT2D eigenvalue weighted by Gasteiger charge is -2.17. The second-order valence-corrected chi connectivity index (χ2v) is 6.78. The molecule has 0 spiro atoms. The summed E-state index contributed by atoms with van der Waals surface area (Å²) in [5.74, 6) is 0.943. The molecule has 4 rings (SSSR count). The predicted molar refractivity (Wildman–Crippen MR) is 108 cm³/mol. The first kappa shape index (κ1) is 17.4. The van der Waals surface area contributed by atoms with Gasteiger partial charge in [-0.1, -0.05) is 41.9 Å². The number of hydrogen-bond acceptors (Lipinski definition) is 3. The number of halogens is 2. The van der Waals surface area contributed by atoms with Gasteiger partial charge in [0.25, 0.3) is 0 Å². The zero-order valence-electron chi connectivity index (χ0n) is 14.7. The highest BCUT2D eigenvalue weighted by Gasteiger charge is 2.13. The van der Waals surface area contributed by atoms with Gasteiger partial charge in [0.1, 0.15) is 11.6 Å². The second-order valence-electron chi connectivity index (χ2n) is 6.34. The van der Waals surface area contributed by atoms with E-state index in [4.69, 9.17) is 16.6 Å². The molecule has 3 nitrogen and oxygen atoms in total. The number of nitrogens with one attached hydrogen (secondary N) is 1. The standard InChI is InChI=1S/C22H17ClFN3/c1-14(15-5-3-2-4-6-15)25-22-19-12-9-17(23)13-20(19)26-21(27-22)16-7-10-18(24)11-8-16/h2-14H,1H3,(H,25,26,27)/t14-/m0/s1. The van der Waals surface area contributed by atoms with Gasteiger partial charge in [0.2, 0.25) is 0 Å². The molecule has 0 saturated heterocycles. The zero-order chi connectivity index (χ0) is 18.8. The molecule has 0 bridgehead atoms. The predicted octanol–water partition coefficient (Wildman–Crippen LogP) is 6.26. The van der Waals surface area contributed by atoms with Gasteiger partial charge in [-0.2, -0.15) is 0 Å². The van der Waals surface area contributed by atoms with Crippen LogP contribution in [0, 0.1) is 5.82 Å². The van der Waals surface area contributed by atoms with Crippen LogP contribution in [0.4, 0.5) is 10.2 Å². The monoisotopic (exact) mass is 377 g/mol. The van der Waals surface area contributed by atoms with Crippen LogP contribution in [0.2, 0.25) is 5.02 Å². The molecular weight excluding hydrogens is 361 g/mol.